The zero-order chi connectivity index (χ0) is 21.4. The number of amides is 2. The van der Waals surface area contributed by atoms with Crippen molar-refractivity contribution in [3.63, 3.8) is 0 Å². The second-order valence-electron chi connectivity index (χ2n) is 6.21. The predicted octanol–water partition coefficient (Wildman–Crippen LogP) is 2.73. The van der Waals surface area contributed by atoms with Crippen LogP contribution in [0.3, 0.4) is 0 Å². The Labute approximate surface area is 165 Å². The minimum atomic E-state index is -3.19. The van der Waals surface area contributed by atoms with Crippen LogP contribution in [0.15, 0.2) is 30.6 Å². The molecule has 1 aliphatic rings. The fourth-order valence-electron chi connectivity index (χ4n) is 2.94. The third-order valence-electron chi connectivity index (χ3n) is 4.27. The molecule has 1 saturated heterocycles. The normalized spacial score (nSPS) is 16.3. The van der Waals surface area contributed by atoms with Gasteiger partial charge in [0, 0.05) is 5.56 Å². The van der Waals surface area contributed by atoms with Gasteiger partial charge in [0.25, 0.3) is 0 Å². The van der Waals surface area contributed by atoms with Crippen molar-refractivity contribution in [3.8, 4) is 17.0 Å². The van der Waals surface area contributed by atoms with Crippen LogP contribution in [0.1, 0.15) is 0 Å². The number of ether oxygens (including phenoxy) is 2. The molecule has 2 aromatic heterocycles. The van der Waals surface area contributed by atoms with Gasteiger partial charge in [-0.05, 0) is 18.2 Å². The topological polar surface area (TPSA) is 120 Å². The van der Waals surface area contributed by atoms with Crippen molar-refractivity contribution in [2.45, 2.75) is 19.3 Å². The van der Waals surface area contributed by atoms with Gasteiger partial charge in [-0.2, -0.15) is 13.9 Å². The lowest BCUT2D eigenvalue weighted by molar-refractivity contribution is -0.0521. The van der Waals surface area contributed by atoms with Crippen molar-refractivity contribution in [1.82, 2.24) is 24.6 Å². The second-order valence-corrected chi connectivity index (χ2v) is 6.21. The van der Waals surface area contributed by atoms with Crippen LogP contribution >= 0.6 is 0 Å². The van der Waals surface area contributed by atoms with Gasteiger partial charge in [-0.3, -0.25) is 0 Å². The Bertz CT molecular complexity index is 1140. The van der Waals surface area contributed by atoms with Gasteiger partial charge in [0.1, 0.15) is 11.6 Å². The molecule has 1 atom stereocenters. The molecule has 0 saturated carbocycles. The maximum absolute atomic E-state index is 13.7. The molecule has 1 N–H and O–H groups in total. The van der Waals surface area contributed by atoms with Crippen molar-refractivity contribution < 1.29 is 37.3 Å². The number of imide groups is 1. The molecule has 0 spiro atoms. The lowest BCUT2D eigenvalue weighted by Gasteiger charge is -2.10. The van der Waals surface area contributed by atoms with Gasteiger partial charge in [0.15, 0.2) is 17.2 Å². The molecule has 30 heavy (non-hydrogen) atoms. The van der Waals surface area contributed by atoms with Gasteiger partial charge < -0.3 is 14.6 Å². The molecule has 1 fully saturated rings. The number of benzene rings is 1. The molecule has 13 heteroatoms. The fourth-order valence-corrected chi connectivity index (χ4v) is 2.94. The number of fused-ring (bicyclic) bond motifs is 1. The Kier molecular flexibility index (Phi) is 4.85. The molecule has 10 nitrogen and oxygen atoms in total. The standard InChI is InChI=1S/C17H12F3N5O5/c18-10-2-1-8(3-13(10)30-15(19)20)11-4-21-12-5-22-25(14(12)23-11)7-9-6-24(16(26)27)17(28)29-9/h1-5,9,15H,6-7H2,(H,26,27). The molecule has 4 rings (SSSR count). The Hall–Kier alpha value is -3.90. The largest absolute Gasteiger partial charge is 0.465 e. The zero-order valence-corrected chi connectivity index (χ0v) is 14.9. The number of cyclic esters (lactones) is 1. The molecular weight excluding hydrogens is 411 g/mol. The van der Waals surface area contributed by atoms with E-state index in [1.165, 1.54) is 23.1 Å². The number of hydrogen-bond donors (Lipinski definition) is 1. The minimum Gasteiger partial charge on any atom is -0.465 e. The van der Waals surface area contributed by atoms with Gasteiger partial charge in [-0.1, -0.05) is 0 Å². The summed E-state index contributed by atoms with van der Waals surface area (Å²) < 4.78 is 49.1. The first-order valence-corrected chi connectivity index (χ1v) is 8.46. The van der Waals surface area contributed by atoms with E-state index >= 15 is 0 Å². The van der Waals surface area contributed by atoms with Crippen LogP contribution in [0.25, 0.3) is 22.4 Å². The molecule has 1 unspecified atom stereocenters. The quantitative estimate of drug-likeness (QED) is 0.665. The lowest BCUT2D eigenvalue weighted by Crippen LogP contribution is -2.31. The summed E-state index contributed by atoms with van der Waals surface area (Å²) in [6.07, 6.45) is -0.413. The highest BCUT2D eigenvalue weighted by Gasteiger charge is 2.36. The van der Waals surface area contributed by atoms with Crippen LogP contribution in [0, 0.1) is 5.82 Å². The molecule has 2 amide bonds. The first kappa shape index (κ1) is 19.4. The summed E-state index contributed by atoms with van der Waals surface area (Å²) in [6, 6.07) is 3.37. The first-order chi connectivity index (χ1) is 14.3. The SMILES string of the molecule is O=C(O)N1CC(Cn2ncc3ncc(-c4ccc(F)c(OC(F)F)c4)nc32)OC1=O. The Morgan fingerprint density at radius 3 is 2.87 bits per heavy atom. The fraction of sp³-hybridized carbons (Fsp3) is 0.235. The third-order valence-corrected chi connectivity index (χ3v) is 4.27. The van der Waals surface area contributed by atoms with Crippen LogP contribution in [-0.4, -0.2) is 61.2 Å². The van der Waals surface area contributed by atoms with Gasteiger partial charge in [0.2, 0.25) is 0 Å². The molecule has 1 aliphatic heterocycles. The van der Waals surface area contributed by atoms with E-state index in [4.69, 9.17) is 9.84 Å². The first-order valence-electron chi connectivity index (χ1n) is 8.46. The van der Waals surface area contributed by atoms with Gasteiger partial charge in [-0.15, -0.1) is 0 Å². The van der Waals surface area contributed by atoms with E-state index in [0.29, 0.717) is 10.4 Å². The van der Waals surface area contributed by atoms with Crippen molar-refractivity contribution in [1.29, 1.82) is 0 Å². The number of halogens is 3. The van der Waals surface area contributed by atoms with Gasteiger partial charge in [-0.25, -0.2) is 33.5 Å². The van der Waals surface area contributed by atoms with E-state index in [1.54, 1.807) is 0 Å². The molecule has 0 aliphatic carbocycles. The van der Waals surface area contributed by atoms with E-state index in [2.05, 4.69) is 19.8 Å². The summed E-state index contributed by atoms with van der Waals surface area (Å²) in [5, 5.41) is 13.1. The van der Waals surface area contributed by atoms with Crippen LogP contribution in [0.5, 0.6) is 5.75 Å². The Morgan fingerprint density at radius 1 is 1.37 bits per heavy atom. The van der Waals surface area contributed by atoms with Crippen LogP contribution in [-0.2, 0) is 11.3 Å². The number of carbonyl (C=O) groups excluding carboxylic acids is 1. The molecular formula is C17H12F3N5O5. The summed E-state index contributed by atoms with van der Waals surface area (Å²) in [7, 11) is 0. The van der Waals surface area contributed by atoms with Gasteiger partial charge >= 0.3 is 18.8 Å². The maximum atomic E-state index is 13.7. The smallest absolute Gasteiger partial charge is 0.419 e. The average molecular weight is 423 g/mol. The summed E-state index contributed by atoms with van der Waals surface area (Å²) >= 11 is 0. The molecule has 0 radical (unpaired) electrons. The van der Waals surface area contributed by atoms with Crippen molar-refractivity contribution in [3.05, 3.63) is 36.4 Å². The number of nitrogens with zero attached hydrogens (tertiary/aromatic N) is 5. The number of carbonyl (C=O) groups is 2. The van der Waals surface area contributed by atoms with E-state index in [9.17, 15) is 22.8 Å². The van der Waals surface area contributed by atoms with E-state index in [-0.39, 0.29) is 30.0 Å². The summed E-state index contributed by atoms with van der Waals surface area (Å²) in [5.74, 6) is -1.59. The number of carboxylic acid groups (broad SMARTS) is 1. The van der Waals surface area contributed by atoms with Crippen molar-refractivity contribution in [2.75, 3.05) is 6.54 Å². The number of rotatable bonds is 5. The molecule has 156 valence electrons. The number of aromatic nitrogens is 4. The molecule has 0 bridgehead atoms. The zero-order valence-electron chi connectivity index (χ0n) is 14.9. The monoisotopic (exact) mass is 423 g/mol. The van der Waals surface area contributed by atoms with Crippen LogP contribution < -0.4 is 4.74 Å². The summed E-state index contributed by atoms with van der Waals surface area (Å²) in [6.45, 7) is -3.35. The van der Waals surface area contributed by atoms with E-state index in [0.717, 1.165) is 12.1 Å². The third kappa shape index (κ3) is 3.68. The average Bonchev–Trinajstić information content (AvgIpc) is 3.26. The van der Waals surface area contributed by atoms with E-state index < -0.39 is 36.5 Å². The van der Waals surface area contributed by atoms with Crippen molar-refractivity contribution >= 4 is 23.4 Å². The van der Waals surface area contributed by atoms with E-state index in [1.807, 2.05) is 0 Å². The number of alkyl halides is 2. The highest BCUT2D eigenvalue weighted by molar-refractivity contribution is 5.88. The lowest BCUT2D eigenvalue weighted by atomic mass is 10.1. The highest BCUT2D eigenvalue weighted by atomic mass is 19.3. The summed E-state index contributed by atoms with van der Waals surface area (Å²) in [4.78, 5) is 31.6. The van der Waals surface area contributed by atoms with Crippen LogP contribution in [0.4, 0.5) is 22.8 Å². The highest BCUT2D eigenvalue weighted by Crippen LogP contribution is 2.27. The number of hydrogen-bond acceptors (Lipinski definition) is 7. The predicted molar refractivity (Wildman–Crippen MR) is 92.3 cm³/mol. The molecule has 3 aromatic rings. The Morgan fingerprint density at radius 2 is 2.17 bits per heavy atom. The van der Waals surface area contributed by atoms with Gasteiger partial charge in [0.05, 0.1) is 31.2 Å². The minimum absolute atomic E-state index is 0.0142. The van der Waals surface area contributed by atoms with Crippen molar-refractivity contribution in [2.24, 2.45) is 0 Å². The maximum Gasteiger partial charge on any atom is 0.419 e. The summed E-state index contributed by atoms with van der Waals surface area (Å²) in [5.41, 5.74) is 1.18. The molecule has 3 heterocycles. The van der Waals surface area contributed by atoms with Crippen LogP contribution in [0.2, 0.25) is 0 Å². The Balaban J connectivity index is 1.62. The molecule has 1 aromatic carbocycles. The second kappa shape index (κ2) is 7.50.